The summed E-state index contributed by atoms with van der Waals surface area (Å²) in [4.78, 5) is 26.1. The fourth-order valence-corrected chi connectivity index (χ4v) is 2.80. The molecule has 0 aliphatic carbocycles. The third kappa shape index (κ3) is 3.77. The molecule has 2 aromatic rings. The van der Waals surface area contributed by atoms with Crippen LogP contribution in [0.2, 0.25) is 0 Å². The summed E-state index contributed by atoms with van der Waals surface area (Å²) >= 11 is 0. The van der Waals surface area contributed by atoms with Crippen molar-refractivity contribution < 1.29 is 9.59 Å². The average Bonchev–Trinajstić information content (AvgIpc) is 2.56. The van der Waals surface area contributed by atoms with Gasteiger partial charge in [-0.15, -0.1) is 0 Å². The van der Waals surface area contributed by atoms with E-state index in [1.807, 2.05) is 49.4 Å². The smallest absolute Gasteiger partial charge is 0.233 e. The Hall–Kier alpha value is -2.62. The zero-order valence-electron chi connectivity index (χ0n) is 13.2. The third-order valence-electron chi connectivity index (χ3n) is 4.13. The van der Waals surface area contributed by atoms with E-state index in [0.29, 0.717) is 13.1 Å². The number of rotatable bonds is 3. The molecule has 2 aromatic carbocycles. The second-order valence-corrected chi connectivity index (χ2v) is 5.92. The molecule has 0 saturated carbocycles. The highest BCUT2D eigenvalue weighted by molar-refractivity contribution is 6.03. The molecule has 0 fully saturated rings. The quantitative estimate of drug-likeness (QED) is 0.886. The number of hydrogen-bond acceptors (Lipinski definition) is 2. The highest BCUT2D eigenvalue weighted by atomic mass is 16.2. The van der Waals surface area contributed by atoms with Gasteiger partial charge in [-0.1, -0.05) is 42.0 Å². The first kappa shape index (κ1) is 15.3. The van der Waals surface area contributed by atoms with Crippen LogP contribution in [-0.4, -0.2) is 23.3 Å². The van der Waals surface area contributed by atoms with Gasteiger partial charge in [0.25, 0.3) is 0 Å². The van der Waals surface area contributed by atoms with E-state index in [1.54, 1.807) is 4.90 Å². The monoisotopic (exact) mass is 308 g/mol. The van der Waals surface area contributed by atoms with Crippen LogP contribution in [0.5, 0.6) is 0 Å². The molecule has 1 N–H and O–H groups in total. The summed E-state index contributed by atoms with van der Waals surface area (Å²) in [5.74, 6) is -0.387. The average molecular weight is 308 g/mol. The van der Waals surface area contributed by atoms with Crippen molar-refractivity contribution >= 4 is 17.5 Å². The van der Waals surface area contributed by atoms with Gasteiger partial charge in [-0.05, 0) is 36.6 Å². The van der Waals surface area contributed by atoms with E-state index >= 15 is 0 Å². The zero-order valence-corrected chi connectivity index (χ0v) is 13.2. The van der Waals surface area contributed by atoms with Gasteiger partial charge in [0, 0.05) is 18.8 Å². The number of aryl methyl sites for hydroxylation is 1. The van der Waals surface area contributed by atoms with Gasteiger partial charge in [-0.2, -0.15) is 0 Å². The first-order chi connectivity index (χ1) is 11.1. The van der Waals surface area contributed by atoms with Crippen LogP contribution in [0.4, 0.5) is 5.69 Å². The molecule has 0 aromatic heterocycles. The number of benzene rings is 2. The van der Waals surface area contributed by atoms with E-state index < -0.39 is 0 Å². The Bertz CT molecular complexity index is 722. The number of carbonyl (C=O) groups is 2. The SMILES string of the molecule is Cc1ccc(NC(=O)CC(=O)N2CCc3ccccc3C2)cc1. The van der Waals surface area contributed by atoms with Crippen LogP contribution in [-0.2, 0) is 22.6 Å². The standard InChI is InChI=1S/C19H20N2O2/c1-14-6-8-17(9-7-14)20-18(22)12-19(23)21-11-10-15-4-2-3-5-16(15)13-21/h2-9H,10-13H2,1H3,(H,20,22). The Morgan fingerprint density at radius 1 is 1.04 bits per heavy atom. The number of amides is 2. The van der Waals surface area contributed by atoms with Crippen molar-refractivity contribution in [3.05, 3.63) is 65.2 Å². The summed E-state index contributed by atoms with van der Waals surface area (Å²) < 4.78 is 0. The fraction of sp³-hybridized carbons (Fsp3) is 0.263. The Labute approximate surface area is 136 Å². The van der Waals surface area contributed by atoms with Crippen LogP contribution in [0, 0.1) is 6.92 Å². The Kier molecular flexibility index (Phi) is 4.42. The summed E-state index contributed by atoms with van der Waals surface area (Å²) in [6, 6.07) is 15.7. The zero-order chi connectivity index (χ0) is 16.2. The van der Waals surface area contributed by atoms with E-state index in [0.717, 1.165) is 17.7 Å². The van der Waals surface area contributed by atoms with Crippen molar-refractivity contribution in [2.75, 3.05) is 11.9 Å². The van der Waals surface area contributed by atoms with Crippen LogP contribution in [0.25, 0.3) is 0 Å². The molecule has 3 rings (SSSR count). The fourth-order valence-electron chi connectivity index (χ4n) is 2.80. The van der Waals surface area contributed by atoms with Gasteiger partial charge in [0.1, 0.15) is 6.42 Å². The maximum Gasteiger partial charge on any atom is 0.233 e. The van der Waals surface area contributed by atoms with Crippen LogP contribution >= 0.6 is 0 Å². The minimum Gasteiger partial charge on any atom is -0.338 e. The molecule has 4 heteroatoms. The first-order valence-electron chi connectivity index (χ1n) is 7.83. The molecule has 0 spiro atoms. The lowest BCUT2D eigenvalue weighted by Crippen LogP contribution is -2.37. The summed E-state index contributed by atoms with van der Waals surface area (Å²) in [6.07, 6.45) is 0.734. The molecule has 0 radical (unpaired) electrons. The van der Waals surface area contributed by atoms with E-state index in [2.05, 4.69) is 11.4 Å². The van der Waals surface area contributed by atoms with E-state index in [-0.39, 0.29) is 18.2 Å². The molecule has 23 heavy (non-hydrogen) atoms. The van der Waals surface area contributed by atoms with Gasteiger partial charge >= 0.3 is 0 Å². The van der Waals surface area contributed by atoms with Gasteiger partial charge in [-0.3, -0.25) is 9.59 Å². The lowest BCUT2D eigenvalue weighted by atomic mass is 10.00. The highest BCUT2D eigenvalue weighted by Gasteiger charge is 2.22. The van der Waals surface area contributed by atoms with Crippen molar-refractivity contribution in [3.8, 4) is 0 Å². The van der Waals surface area contributed by atoms with Crippen molar-refractivity contribution in [2.45, 2.75) is 26.3 Å². The number of hydrogen-bond donors (Lipinski definition) is 1. The van der Waals surface area contributed by atoms with Gasteiger partial charge in [-0.25, -0.2) is 0 Å². The number of carbonyl (C=O) groups excluding carboxylic acids is 2. The van der Waals surface area contributed by atoms with Crippen molar-refractivity contribution in [1.82, 2.24) is 4.90 Å². The number of nitrogens with one attached hydrogen (secondary N) is 1. The summed E-state index contributed by atoms with van der Waals surface area (Å²) in [6.45, 7) is 3.25. The van der Waals surface area contributed by atoms with Crippen molar-refractivity contribution in [1.29, 1.82) is 0 Å². The Morgan fingerprint density at radius 2 is 1.74 bits per heavy atom. The molecule has 0 unspecified atom stereocenters. The summed E-state index contributed by atoms with van der Waals surface area (Å²) in [5.41, 5.74) is 4.31. The largest absolute Gasteiger partial charge is 0.338 e. The van der Waals surface area contributed by atoms with Gasteiger partial charge < -0.3 is 10.2 Å². The molecule has 0 bridgehead atoms. The summed E-state index contributed by atoms with van der Waals surface area (Å²) in [5, 5.41) is 2.77. The Morgan fingerprint density at radius 3 is 2.48 bits per heavy atom. The van der Waals surface area contributed by atoms with E-state index in [9.17, 15) is 9.59 Å². The third-order valence-corrected chi connectivity index (χ3v) is 4.13. The molecule has 0 saturated heterocycles. The molecule has 118 valence electrons. The molecule has 1 aliphatic heterocycles. The van der Waals surface area contributed by atoms with Crippen LogP contribution in [0.3, 0.4) is 0 Å². The predicted molar refractivity (Wildman–Crippen MR) is 90.0 cm³/mol. The van der Waals surface area contributed by atoms with E-state index in [1.165, 1.54) is 11.1 Å². The normalized spacial score (nSPS) is 13.3. The summed E-state index contributed by atoms with van der Waals surface area (Å²) in [7, 11) is 0. The molecule has 4 nitrogen and oxygen atoms in total. The number of anilines is 1. The second-order valence-electron chi connectivity index (χ2n) is 5.92. The van der Waals surface area contributed by atoms with Crippen molar-refractivity contribution in [2.24, 2.45) is 0 Å². The molecular weight excluding hydrogens is 288 g/mol. The Balaban J connectivity index is 1.57. The molecule has 1 aliphatic rings. The number of fused-ring (bicyclic) bond motifs is 1. The van der Waals surface area contributed by atoms with Gasteiger partial charge in [0.2, 0.25) is 11.8 Å². The highest BCUT2D eigenvalue weighted by Crippen LogP contribution is 2.19. The predicted octanol–water partition coefficient (Wildman–Crippen LogP) is 2.91. The van der Waals surface area contributed by atoms with Gasteiger partial charge in [0.15, 0.2) is 0 Å². The minimum absolute atomic E-state index is 0.115. The number of nitrogens with zero attached hydrogens (tertiary/aromatic N) is 1. The van der Waals surface area contributed by atoms with Crippen LogP contribution < -0.4 is 5.32 Å². The lowest BCUT2D eigenvalue weighted by molar-refractivity contribution is -0.135. The second kappa shape index (κ2) is 6.65. The molecule has 0 atom stereocenters. The molecule has 1 heterocycles. The lowest BCUT2D eigenvalue weighted by Gasteiger charge is -2.28. The van der Waals surface area contributed by atoms with Crippen molar-refractivity contribution in [3.63, 3.8) is 0 Å². The van der Waals surface area contributed by atoms with Crippen LogP contribution in [0.1, 0.15) is 23.1 Å². The van der Waals surface area contributed by atoms with Gasteiger partial charge in [0.05, 0.1) is 0 Å². The maximum absolute atomic E-state index is 12.3. The minimum atomic E-state index is -0.266. The topological polar surface area (TPSA) is 49.4 Å². The maximum atomic E-state index is 12.3. The van der Waals surface area contributed by atoms with E-state index in [4.69, 9.17) is 0 Å². The molecule has 2 amide bonds. The first-order valence-corrected chi connectivity index (χ1v) is 7.83. The molecular formula is C19H20N2O2. The van der Waals surface area contributed by atoms with Crippen LogP contribution in [0.15, 0.2) is 48.5 Å².